The van der Waals surface area contributed by atoms with E-state index in [-0.39, 0.29) is 5.82 Å². The predicted octanol–water partition coefficient (Wildman–Crippen LogP) is 2.56. The van der Waals surface area contributed by atoms with Gasteiger partial charge in [0.1, 0.15) is 11.9 Å². The van der Waals surface area contributed by atoms with Crippen LogP contribution in [-0.2, 0) is 11.2 Å². The van der Waals surface area contributed by atoms with E-state index in [1.165, 1.54) is 4.90 Å². The number of hydrogen-bond donors (Lipinski definition) is 1. The summed E-state index contributed by atoms with van der Waals surface area (Å²) in [7, 11) is 0. The molecule has 0 bridgehead atoms. The molecule has 1 saturated heterocycles. The number of aryl methyl sites for hydroxylation is 1. The molecule has 1 amide bonds. The van der Waals surface area contributed by atoms with Gasteiger partial charge in [0.05, 0.1) is 10.7 Å². The number of rotatable bonds is 5. The van der Waals surface area contributed by atoms with Gasteiger partial charge in [-0.1, -0.05) is 30.7 Å². The summed E-state index contributed by atoms with van der Waals surface area (Å²) in [4.78, 5) is 29.8. The minimum atomic E-state index is -0.995. The molecule has 0 radical (unpaired) electrons. The van der Waals surface area contributed by atoms with Gasteiger partial charge < -0.3 is 10.0 Å². The number of amides is 1. The van der Waals surface area contributed by atoms with Crippen LogP contribution in [0.4, 0.5) is 0 Å². The molecule has 1 atom stereocenters. The maximum Gasteiger partial charge on any atom is 0.326 e. The summed E-state index contributed by atoms with van der Waals surface area (Å²) in [5.41, 5.74) is 0.648. The molecule has 1 N–H and O–H groups in total. The van der Waals surface area contributed by atoms with Crippen molar-refractivity contribution in [2.75, 3.05) is 6.54 Å². The summed E-state index contributed by atoms with van der Waals surface area (Å²) < 4.78 is 1.57. The van der Waals surface area contributed by atoms with Crippen LogP contribution in [0.25, 0.3) is 5.69 Å². The zero-order valence-corrected chi connectivity index (χ0v) is 14.6. The smallest absolute Gasteiger partial charge is 0.326 e. The van der Waals surface area contributed by atoms with E-state index in [0.717, 1.165) is 6.42 Å². The zero-order chi connectivity index (χ0) is 18.0. The summed E-state index contributed by atoms with van der Waals surface area (Å²) >= 11 is 6.25. The molecule has 7 nitrogen and oxygen atoms in total. The molecular weight excluding hydrogens is 344 g/mol. The van der Waals surface area contributed by atoms with Crippen molar-refractivity contribution in [2.45, 2.75) is 38.6 Å². The maximum atomic E-state index is 12.7. The second-order valence-electron chi connectivity index (χ2n) is 5.96. The lowest BCUT2D eigenvalue weighted by Gasteiger charge is -2.19. The number of carbonyl (C=O) groups is 2. The van der Waals surface area contributed by atoms with Crippen LogP contribution in [0.3, 0.4) is 0 Å². The monoisotopic (exact) mass is 362 g/mol. The van der Waals surface area contributed by atoms with Crippen LogP contribution >= 0.6 is 11.6 Å². The van der Waals surface area contributed by atoms with E-state index >= 15 is 0 Å². The number of benzene rings is 1. The van der Waals surface area contributed by atoms with Crippen molar-refractivity contribution in [1.82, 2.24) is 19.7 Å². The first kappa shape index (κ1) is 17.4. The number of hydrogen-bond acceptors (Lipinski definition) is 4. The van der Waals surface area contributed by atoms with Gasteiger partial charge in [-0.05, 0) is 31.4 Å². The molecule has 2 aromatic rings. The number of carboxylic acids is 1. The van der Waals surface area contributed by atoms with E-state index in [2.05, 4.69) is 10.1 Å². The molecule has 1 aliphatic rings. The third-order valence-corrected chi connectivity index (χ3v) is 4.54. The van der Waals surface area contributed by atoms with Crippen LogP contribution in [0.1, 0.15) is 42.6 Å². The minimum absolute atomic E-state index is 0.0107. The predicted molar refractivity (Wildman–Crippen MR) is 92.1 cm³/mol. The van der Waals surface area contributed by atoms with Crippen LogP contribution in [-0.4, -0.2) is 49.2 Å². The average molecular weight is 363 g/mol. The summed E-state index contributed by atoms with van der Waals surface area (Å²) in [5, 5.41) is 14.1. The molecule has 1 aromatic heterocycles. The number of likely N-dealkylation sites (tertiary alicyclic amines) is 1. The van der Waals surface area contributed by atoms with Gasteiger partial charge in [-0.25, -0.2) is 14.5 Å². The van der Waals surface area contributed by atoms with Gasteiger partial charge in [-0.3, -0.25) is 4.79 Å². The third-order valence-electron chi connectivity index (χ3n) is 4.22. The van der Waals surface area contributed by atoms with Gasteiger partial charge >= 0.3 is 5.97 Å². The molecule has 1 aliphatic heterocycles. The summed E-state index contributed by atoms with van der Waals surface area (Å²) in [6.07, 6.45) is 2.58. The Balaban J connectivity index is 1.98. The Morgan fingerprint density at radius 3 is 2.80 bits per heavy atom. The molecule has 132 valence electrons. The summed E-state index contributed by atoms with van der Waals surface area (Å²) in [6.45, 7) is 2.41. The minimum Gasteiger partial charge on any atom is -0.480 e. The van der Waals surface area contributed by atoms with Gasteiger partial charge in [0.25, 0.3) is 5.91 Å². The third kappa shape index (κ3) is 3.37. The lowest BCUT2D eigenvalue weighted by atomic mass is 10.2. The molecule has 3 rings (SSSR count). The Hall–Kier alpha value is -2.41. The van der Waals surface area contributed by atoms with Crippen molar-refractivity contribution >= 4 is 23.5 Å². The molecule has 0 unspecified atom stereocenters. The summed E-state index contributed by atoms with van der Waals surface area (Å²) in [6, 6.07) is 6.39. The molecule has 8 heteroatoms. The quantitative estimate of drug-likeness (QED) is 0.883. The van der Waals surface area contributed by atoms with Crippen LogP contribution in [0, 0.1) is 0 Å². The largest absolute Gasteiger partial charge is 0.480 e. The number of carbonyl (C=O) groups excluding carboxylic acids is 1. The van der Waals surface area contributed by atoms with Crippen LogP contribution in [0.2, 0.25) is 5.02 Å². The van der Waals surface area contributed by atoms with Gasteiger partial charge in [-0.15, -0.1) is 5.10 Å². The highest BCUT2D eigenvalue weighted by atomic mass is 35.5. The van der Waals surface area contributed by atoms with Crippen molar-refractivity contribution < 1.29 is 14.7 Å². The number of para-hydroxylation sites is 1. The molecule has 0 saturated carbocycles. The van der Waals surface area contributed by atoms with Gasteiger partial charge in [0.2, 0.25) is 5.82 Å². The van der Waals surface area contributed by atoms with E-state index in [0.29, 0.717) is 42.3 Å². The first-order valence-electron chi connectivity index (χ1n) is 8.27. The van der Waals surface area contributed by atoms with E-state index in [1.807, 2.05) is 19.1 Å². The van der Waals surface area contributed by atoms with E-state index in [1.54, 1.807) is 16.8 Å². The van der Waals surface area contributed by atoms with E-state index < -0.39 is 17.9 Å². The lowest BCUT2D eigenvalue weighted by molar-refractivity contribution is -0.141. The van der Waals surface area contributed by atoms with Crippen molar-refractivity contribution in [2.24, 2.45) is 0 Å². The molecular formula is C17H19ClN4O3. The lowest BCUT2D eigenvalue weighted by Crippen LogP contribution is -2.40. The van der Waals surface area contributed by atoms with Crippen molar-refractivity contribution in [1.29, 1.82) is 0 Å². The van der Waals surface area contributed by atoms with Gasteiger partial charge in [-0.2, -0.15) is 0 Å². The number of halogens is 1. The second kappa shape index (κ2) is 7.23. The maximum absolute atomic E-state index is 12.7. The molecule has 25 heavy (non-hydrogen) atoms. The zero-order valence-electron chi connectivity index (χ0n) is 13.9. The van der Waals surface area contributed by atoms with E-state index in [4.69, 9.17) is 11.6 Å². The molecule has 0 spiro atoms. The van der Waals surface area contributed by atoms with Crippen LogP contribution in [0.15, 0.2) is 24.3 Å². The Morgan fingerprint density at radius 1 is 1.36 bits per heavy atom. The molecule has 0 aliphatic carbocycles. The number of aromatic nitrogens is 3. The Bertz CT molecular complexity index is 805. The SMILES string of the molecule is CCCc1nc(C(=O)N2CCC[C@@H]2C(=O)O)nn1-c1ccccc1Cl. The second-order valence-corrected chi connectivity index (χ2v) is 6.37. The summed E-state index contributed by atoms with van der Waals surface area (Å²) in [5.74, 6) is -0.806. The highest BCUT2D eigenvalue weighted by Gasteiger charge is 2.36. The van der Waals surface area contributed by atoms with Crippen molar-refractivity contribution in [3.05, 3.63) is 40.9 Å². The fourth-order valence-corrected chi connectivity index (χ4v) is 3.25. The average Bonchev–Trinajstić information content (AvgIpc) is 3.22. The molecule has 1 aromatic carbocycles. The highest BCUT2D eigenvalue weighted by Crippen LogP contribution is 2.23. The first-order valence-corrected chi connectivity index (χ1v) is 8.65. The van der Waals surface area contributed by atoms with Crippen molar-refractivity contribution in [3.63, 3.8) is 0 Å². The Morgan fingerprint density at radius 2 is 2.12 bits per heavy atom. The number of aliphatic carboxylic acids is 1. The topological polar surface area (TPSA) is 88.3 Å². The number of nitrogens with zero attached hydrogens (tertiary/aromatic N) is 4. The van der Waals surface area contributed by atoms with Crippen LogP contribution < -0.4 is 0 Å². The standard InChI is InChI=1S/C17H19ClN4O3/c1-2-6-14-19-15(16(23)21-10-5-9-13(21)17(24)25)20-22(14)12-8-4-3-7-11(12)18/h3-4,7-8,13H,2,5-6,9-10H2,1H3,(H,24,25)/t13-/m1/s1. The van der Waals surface area contributed by atoms with Gasteiger partial charge in [0.15, 0.2) is 0 Å². The van der Waals surface area contributed by atoms with Crippen molar-refractivity contribution in [3.8, 4) is 5.69 Å². The highest BCUT2D eigenvalue weighted by molar-refractivity contribution is 6.32. The molecule has 1 fully saturated rings. The number of carboxylic acid groups (broad SMARTS) is 1. The van der Waals surface area contributed by atoms with Crippen LogP contribution in [0.5, 0.6) is 0 Å². The van der Waals surface area contributed by atoms with E-state index in [9.17, 15) is 14.7 Å². The molecule has 2 heterocycles. The fraction of sp³-hybridized carbons (Fsp3) is 0.412. The fourth-order valence-electron chi connectivity index (χ4n) is 3.03. The normalized spacial score (nSPS) is 17.0. The Labute approximate surface area is 150 Å². The Kier molecular flexibility index (Phi) is 5.03. The van der Waals surface area contributed by atoms with Gasteiger partial charge in [0, 0.05) is 13.0 Å². The first-order chi connectivity index (χ1) is 12.0.